The lowest BCUT2D eigenvalue weighted by molar-refractivity contribution is -0.150. The van der Waals surface area contributed by atoms with Gasteiger partial charge in [-0.05, 0) is 17.7 Å². The molecule has 0 spiro atoms. The summed E-state index contributed by atoms with van der Waals surface area (Å²) in [6.45, 7) is -0.510. The number of aliphatic carboxylic acids is 1. The van der Waals surface area contributed by atoms with Gasteiger partial charge < -0.3 is 24.8 Å². The lowest BCUT2D eigenvalue weighted by atomic mass is 10.0. The lowest BCUT2D eigenvalue weighted by Crippen LogP contribution is -2.71. The van der Waals surface area contributed by atoms with E-state index in [1.165, 1.54) is 30.2 Å². The first-order chi connectivity index (χ1) is 13.6. The van der Waals surface area contributed by atoms with E-state index in [0.717, 1.165) is 4.90 Å². The van der Waals surface area contributed by atoms with E-state index in [4.69, 9.17) is 8.53 Å². The standard InChI is InChI=1S/C15H15N3O7S/c1-24-17-9(8-3-2-4-25-8)12(20)16-10-13(21)18-11(15(22)23)7(5-19)6-26-14(10)18/h2-4,10,14,19H,5-6H2,1H3,(H,16,20)(H,22,23)/b17-9-/t10-,14-/m0/s1/i1D3. The Kier molecular flexibility index (Phi) is 3.99. The predicted octanol–water partition coefficient (Wildman–Crippen LogP) is -0.639. The summed E-state index contributed by atoms with van der Waals surface area (Å²) < 4.78 is 26.1. The van der Waals surface area contributed by atoms with Crippen LogP contribution < -0.4 is 5.32 Å². The first-order valence-electron chi connectivity index (χ1n) is 8.76. The second-order valence-corrected chi connectivity index (χ2v) is 6.39. The van der Waals surface area contributed by atoms with Crippen LogP contribution in [-0.2, 0) is 19.2 Å². The number of aliphatic hydroxyl groups is 1. The SMILES string of the molecule is [2H]C([2H])([2H])O/N=C(\C(=O)N[C@H]1C(=O)N2C(C(=O)O)=C(CO)CS[C@@H]12)c1ccco1. The van der Waals surface area contributed by atoms with E-state index in [9.17, 15) is 24.6 Å². The third-order valence-corrected chi connectivity index (χ3v) is 5.17. The minimum absolute atomic E-state index is 0.0830. The summed E-state index contributed by atoms with van der Waals surface area (Å²) >= 11 is 1.17. The molecule has 0 unspecified atom stereocenters. The number of aliphatic hydroxyl groups excluding tert-OH is 1. The molecule has 3 N–H and O–H groups in total. The molecular weight excluding hydrogens is 366 g/mol. The normalized spacial score (nSPS) is 24.8. The minimum atomic E-state index is -2.90. The van der Waals surface area contributed by atoms with E-state index in [0.29, 0.717) is 0 Å². The fourth-order valence-electron chi connectivity index (χ4n) is 2.67. The van der Waals surface area contributed by atoms with Gasteiger partial charge in [0.25, 0.3) is 11.8 Å². The van der Waals surface area contributed by atoms with Crippen LogP contribution in [0.4, 0.5) is 0 Å². The molecule has 0 aromatic carbocycles. The second kappa shape index (κ2) is 7.22. The molecule has 2 atom stereocenters. The summed E-state index contributed by atoms with van der Waals surface area (Å²) in [5.41, 5.74) is -0.610. The zero-order valence-corrected chi connectivity index (χ0v) is 13.9. The van der Waals surface area contributed by atoms with Crippen LogP contribution in [0.2, 0.25) is 0 Å². The van der Waals surface area contributed by atoms with Gasteiger partial charge in [0.2, 0.25) is 5.71 Å². The molecule has 1 aromatic heterocycles. The molecule has 0 aliphatic carbocycles. The summed E-state index contributed by atoms with van der Waals surface area (Å²) in [7, 11) is -2.90. The molecule has 26 heavy (non-hydrogen) atoms. The van der Waals surface area contributed by atoms with Gasteiger partial charge in [-0.1, -0.05) is 5.16 Å². The number of amides is 2. The number of fused-ring (bicyclic) bond motifs is 1. The third-order valence-electron chi connectivity index (χ3n) is 3.83. The Balaban J connectivity index is 1.79. The van der Waals surface area contributed by atoms with E-state index in [1.807, 2.05) is 0 Å². The summed E-state index contributed by atoms with van der Waals surface area (Å²) in [6, 6.07) is 1.72. The highest BCUT2D eigenvalue weighted by Gasteiger charge is 2.54. The van der Waals surface area contributed by atoms with Gasteiger partial charge in [0, 0.05) is 5.75 Å². The second-order valence-electron chi connectivity index (χ2n) is 5.28. The molecule has 2 aliphatic rings. The number of carboxylic acid groups (broad SMARTS) is 1. The van der Waals surface area contributed by atoms with Crippen molar-refractivity contribution in [3.63, 3.8) is 0 Å². The highest BCUT2D eigenvalue weighted by Crippen LogP contribution is 2.40. The maximum Gasteiger partial charge on any atom is 0.352 e. The Labute approximate surface area is 155 Å². The molecular formula is C15H15N3O7S. The number of carbonyl (C=O) groups is 3. The summed E-state index contributed by atoms with van der Waals surface area (Å²) in [5, 5.41) is 23.7. The van der Waals surface area contributed by atoms with Crippen molar-refractivity contribution in [2.45, 2.75) is 11.4 Å². The Morgan fingerprint density at radius 2 is 2.42 bits per heavy atom. The Morgan fingerprint density at radius 3 is 3.04 bits per heavy atom. The topological polar surface area (TPSA) is 142 Å². The molecule has 1 aromatic rings. The number of thioether (sulfide) groups is 1. The Hall–Kier alpha value is -2.79. The van der Waals surface area contributed by atoms with Gasteiger partial charge in [-0.3, -0.25) is 14.5 Å². The number of carboxylic acids is 1. The maximum atomic E-state index is 12.6. The Bertz CT molecular complexity index is 897. The van der Waals surface area contributed by atoms with Gasteiger partial charge in [0.15, 0.2) is 5.76 Å². The van der Waals surface area contributed by atoms with Gasteiger partial charge >= 0.3 is 5.97 Å². The molecule has 3 rings (SSSR count). The van der Waals surface area contributed by atoms with Crippen molar-refractivity contribution in [3.8, 4) is 0 Å². The van der Waals surface area contributed by atoms with E-state index >= 15 is 0 Å². The fourth-order valence-corrected chi connectivity index (χ4v) is 4.01. The van der Waals surface area contributed by atoms with Crippen molar-refractivity contribution in [1.29, 1.82) is 0 Å². The van der Waals surface area contributed by atoms with Gasteiger partial charge in [0.1, 0.15) is 24.2 Å². The zero-order valence-electron chi connectivity index (χ0n) is 16.0. The minimum Gasteiger partial charge on any atom is -0.477 e. The first-order valence-corrected chi connectivity index (χ1v) is 8.30. The number of carbonyl (C=O) groups excluding carboxylic acids is 2. The molecule has 0 bridgehead atoms. The first kappa shape index (κ1) is 14.4. The van der Waals surface area contributed by atoms with Crippen LogP contribution in [-0.4, -0.2) is 69.4 Å². The largest absolute Gasteiger partial charge is 0.477 e. The van der Waals surface area contributed by atoms with Crippen molar-refractivity contribution >= 4 is 35.3 Å². The number of nitrogens with one attached hydrogen (secondary N) is 1. The molecule has 3 heterocycles. The molecule has 2 aliphatic heterocycles. The number of oxime groups is 1. The molecule has 0 saturated carbocycles. The maximum absolute atomic E-state index is 12.6. The molecule has 10 nitrogen and oxygen atoms in total. The highest BCUT2D eigenvalue weighted by atomic mass is 32.2. The van der Waals surface area contributed by atoms with Crippen molar-refractivity contribution in [2.24, 2.45) is 5.16 Å². The predicted molar refractivity (Wildman–Crippen MR) is 89.0 cm³/mol. The van der Waals surface area contributed by atoms with E-state index in [1.54, 1.807) is 0 Å². The summed E-state index contributed by atoms with van der Waals surface area (Å²) in [4.78, 5) is 41.9. The van der Waals surface area contributed by atoms with E-state index < -0.39 is 48.6 Å². The van der Waals surface area contributed by atoms with E-state index in [-0.39, 0.29) is 22.8 Å². The van der Waals surface area contributed by atoms with Crippen LogP contribution in [0.5, 0.6) is 0 Å². The molecule has 138 valence electrons. The number of β-lactam (4-membered cyclic amide) rings is 1. The van der Waals surface area contributed by atoms with Gasteiger partial charge in [-0.2, -0.15) is 0 Å². The van der Waals surface area contributed by atoms with Crippen LogP contribution in [0, 0.1) is 0 Å². The molecule has 11 heteroatoms. The average Bonchev–Trinajstić information content (AvgIpc) is 3.18. The van der Waals surface area contributed by atoms with E-state index in [2.05, 4.69) is 15.3 Å². The van der Waals surface area contributed by atoms with Crippen LogP contribution in [0.1, 0.15) is 9.87 Å². The summed E-state index contributed by atoms with van der Waals surface area (Å²) in [5.74, 6) is -2.90. The van der Waals surface area contributed by atoms with Crippen LogP contribution >= 0.6 is 11.8 Å². The van der Waals surface area contributed by atoms with Crippen LogP contribution in [0.3, 0.4) is 0 Å². The number of hydrogen-bond donors (Lipinski definition) is 3. The summed E-state index contributed by atoms with van der Waals surface area (Å²) in [6.07, 6.45) is 1.24. The van der Waals surface area contributed by atoms with Crippen molar-refractivity contribution in [1.82, 2.24) is 10.2 Å². The van der Waals surface area contributed by atoms with Gasteiger partial charge in [-0.25, -0.2) is 4.79 Å². The number of nitrogens with zero attached hydrogens (tertiary/aromatic N) is 2. The number of rotatable bonds is 6. The molecule has 0 radical (unpaired) electrons. The smallest absolute Gasteiger partial charge is 0.352 e. The molecule has 1 fully saturated rings. The zero-order chi connectivity index (χ0) is 21.3. The van der Waals surface area contributed by atoms with Crippen molar-refractivity contribution in [2.75, 3.05) is 19.4 Å². The lowest BCUT2D eigenvalue weighted by Gasteiger charge is -2.49. The van der Waals surface area contributed by atoms with Crippen molar-refractivity contribution < 1.29 is 38.0 Å². The Morgan fingerprint density at radius 1 is 1.62 bits per heavy atom. The average molecular weight is 384 g/mol. The number of furan rings is 1. The number of hydrogen-bond acceptors (Lipinski definition) is 8. The quantitative estimate of drug-likeness (QED) is 0.334. The van der Waals surface area contributed by atoms with Crippen molar-refractivity contribution in [3.05, 3.63) is 35.4 Å². The van der Waals surface area contributed by atoms with Crippen LogP contribution in [0.15, 0.2) is 39.2 Å². The molecule has 1 saturated heterocycles. The van der Waals surface area contributed by atoms with Gasteiger partial charge in [0.05, 0.1) is 17.0 Å². The fraction of sp³-hybridized carbons (Fsp3) is 0.333. The van der Waals surface area contributed by atoms with Gasteiger partial charge in [-0.15, -0.1) is 11.8 Å². The molecule has 2 amide bonds. The van der Waals surface area contributed by atoms with Crippen LogP contribution in [0.25, 0.3) is 0 Å². The monoisotopic (exact) mass is 384 g/mol. The third kappa shape index (κ3) is 2.95. The highest BCUT2D eigenvalue weighted by molar-refractivity contribution is 8.00.